The van der Waals surface area contributed by atoms with Crippen LogP contribution >= 0.6 is 11.6 Å². The largest absolute Gasteiger partial charge is 0.496 e. The summed E-state index contributed by atoms with van der Waals surface area (Å²) in [4.78, 5) is 0. The monoisotopic (exact) mass is 269 g/mol. The van der Waals surface area contributed by atoms with Crippen molar-refractivity contribution < 1.29 is 9.84 Å². The van der Waals surface area contributed by atoms with Crippen molar-refractivity contribution in [3.63, 3.8) is 0 Å². The minimum Gasteiger partial charge on any atom is -0.496 e. The second-order valence-corrected chi connectivity index (χ2v) is 5.31. The Morgan fingerprint density at radius 3 is 2.67 bits per heavy atom. The highest BCUT2D eigenvalue weighted by Gasteiger charge is 2.26. The second-order valence-electron chi connectivity index (χ2n) is 4.88. The molecule has 0 aliphatic carbocycles. The third-order valence-electron chi connectivity index (χ3n) is 3.62. The van der Waals surface area contributed by atoms with E-state index in [1.54, 1.807) is 7.11 Å². The molecule has 100 valence electrons. The van der Waals surface area contributed by atoms with Crippen LogP contribution in [-0.2, 0) is 0 Å². The Balaban J connectivity index is 2.30. The van der Waals surface area contributed by atoms with Crippen LogP contribution in [-0.4, -0.2) is 25.3 Å². The Labute approximate surface area is 113 Å². The molecule has 0 bridgehead atoms. The van der Waals surface area contributed by atoms with Crippen LogP contribution in [0.5, 0.6) is 5.75 Å². The van der Waals surface area contributed by atoms with E-state index in [0.717, 1.165) is 42.8 Å². The summed E-state index contributed by atoms with van der Waals surface area (Å²) in [5, 5.41) is 14.5. The van der Waals surface area contributed by atoms with E-state index < -0.39 is 6.10 Å². The van der Waals surface area contributed by atoms with Crippen LogP contribution in [0, 0.1) is 12.8 Å². The molecule has 1 heterocycles. The van der Waals surface area contributed by atoms with Crippen LogP contribution in [0.25, 0.3) is 0 Å². The maximum absolute atomic E-state index is 10.5. The van der Waals surface area contributed by atoms with Crippen molar-refractivity contribution in [3.8, 4) is 5.75 Å². The first-order chi connectivity index (χ1) is 8.63. The molecular weight excluding hydrogens is 250 g/mol. The van der Waals surface area contributed by atoms with Gasteiger partial charge in [-0.2, -0.15) is 0 Å². The molecule has 0 spiro atoms. The van der Waals surface area contributed by atoms with Gasteiger partial charge in [-0.05, 0) is 56.5 Å². The number of aryl methyl sites for hydroxylation is 1. The molecule has 0 amide bonds. The Morgan fingerprint density at radius 2 is 2.06 bits per heavy atom. The minimum absolute atomic E-state index is 0.276. The van der Waals surface area contributed by atoms with E-state index >= 15 is 0 Å². The van der Waals surface area contributed by atoms with Crippen LogP contribution < -0.4 is 10.1 Å². The third kappa shape index (κ3) is 2.79. The molecule has 1 aliphatic rings. The Kier molecular flexibility index (Phi) is 4.49. The fraction of sp³-hybridized carbons (Fsp3) is 0.571. The van der Waals surface area contributed by atoms with E-state index in [4.69, 9.17) is 16.3 Å². The quantitative estimate of drug-likeness (QED) is 0.887. The van der Waals surface area contributed by atoms with Gasteiger partial charge in [0.05, 0.1) is 13.2 Å². The van der Waals surface area contributed by atoms with Gasteiger partial charge in [-0.3, -0.25) is 0 Å². The number of hydrogen-bond acceptors (Lipinski definition) is 3. The summed E-state index contributed by atoms with van der Waals surface area (Å²) >= 11 is 6.08. The fourth-order valence-electron chi connectivity index (χ4n) is 2.67. The highest BCUT2D eigenvalue weighted by Crippen LogP contribution is 2.37. The average molecular weight is 270 g/mol. The first kappa shape index (κ1) is 13.7. The Hall–Kier alpha value is -0.770. The van der Waals surface area contributed by atoms with E-state index in [-0.39, 0.29) is 5.92 Å². The molecule has 1 fully saturated rings. The van der Waals surface area contributed by atoms with E-state index in [9.17, 15) is 5.11 Å². The SMILES string of the molecule is COc1c(C)cc(Cl)cc1C(O)C1CCNCC1. The summed E-state index contributed by atoms with van der Waals surface area (Å²) in [6.07, 6.45) is 1.46. The summed E-state index contributed by atoms with van der Waals surface area (Å²) in [6.45, 7) is 3.87. The maximum atomic E-state index is 10.5. The minimum atomic E-state index is -0.501. The van der Waals surface area contributed by atoms with E-state index in [2.05, 4.69) is 5.32 Å². The molecule has 2 rings (SSSR count). The number of ether oxygens (including phenoxy) is 1. The van der Waals surface area contributed by atoms with E-state index in [0.29, 0.717) is 5.02 Å². The molecule has 18 heavy (non-hydrogen) atoms. The summed E-state index contributed by atoms with van der Waals surface area (Å²) in [5.74, 6) is 1.03. The van der Waals surface area contributed by atoms with E-state index in [1.165, 1.54) is 0 Å². The second kappa shape index (κ2) is 5.91. The van der Waals surface area contributed by atoms with Crippen molar-refractivity contribution in [1.29, 1.82) is 0 Å². The molecule has 1 unspecified atom stereocenters. The average Bonchev–Trinajstić information content (AvgIpc) is 2.38. The molecular formula is C14H20ClNO2. The summed E-state index contributed by atoms with van der Waals surface area (Å²) < 4.78 is 5.41. The van der Waals surface area contributed by atoms with Gasteiger partial charge in [0.2, 0.25) is 0 Å². The van der Waals surface area contributed by atoms with Gasteiger partial charge < -0.3 is 15.2 Å². The van der Waals surface area contributed by atoms with Crippen molar-refractivity contribution in [3.05, 3.63) is 28.3 Å². The molecule has 1 saturated heterocycles. The van der Waals surface area contributed by atoms with Gasteiger partial charge in [-0.1, -0.05) is 11.6 Å². The summed E-state index contributed by atoms with van der Waals surface area (Å²) in [7, 11) is 1.63. The first-order valence-corrected chi connectivity index (χ1v) is 6.74. The van der Waals surface area contributed by atoms with Crippen molar-refractivity contribution in [2.75, 3.05) is 20.2 Å². The van der Waals surface area contributed by atoms with Gasteiger partial charge in [-0.15, -0.1) is 0 Å². The number of nitrogens with one attached hydrogen (secondary N) is 1. The number of benzene rings is 1. The zero-order valence-electron chi connectivity index (χ0n) is 10.9. The topological polar surface area (TPSA) is 41.5 Å². The van der Waals surface area contributed by atoms with Gasteiger partial charge in [0, 0.05) is 10.6 Å². The van der Waals surface area contributed by atoms with Gasteiger partial charge >= 0.3 is 0 Å². The number of aliphatic hydroxyl groups excluding tert-OH is 1. The molecule has 0 radical (unpaired) electrons. The molecule has 2 N–H and O–H groups in total. The van der Waals surface area contributed by atoms with Crippen LogP contribution in [0.1, 0.15) is 30.1 Å². The number of rotatable bonds is 3. The molecule has 1 aromatic carbocycles. The lowest BCUT2D eigenvalue weighted by Gasteiger charge is -2.28. The highest BCUT2D eigenvalue weighted by atomic mass is 35.5. The first-order valence-electron chi connectivity index (χ1n) is 6.36. The summed E-state index contributed by atoms with van der Waals surface area (Å²) in [5.41, 5.74) is 1.78. The van der Waals surface area contributed by atoms with Crippen LogP contribution in [0.4, 0.5) is 0 Å². The lowest BCUT2D eigenvalue weighted by Crippen LogP contribution is -2.31. The normalized spacial score (nSPS) is 18.7. The molecule has 1 atom stereocenters. The standard InChI is InChI=1S/C14H20ClNO2/c1-9-7-11(15)8-12(14(9)18-2)13(17)10-3-5-16-6-4-10/h7-8,10,13,16-17H,3-6H2,1-2H3. The predicted octanol–water partition coefficient (Wildman–Crippen LogP) is 2.69. The lowest BCUT2D eigenvalue weighted by molar-refractivity contribution is 0.0864. The van der Waals surface area contributed by atoms with Crippen molar-refractivity contribution in [2.24, 2.45) is 5.92 Å². The molecule has 0 aromatic heterocycles. The number of aliphatic hydroxyl groups is 1. The van der Waals surface area contributed by atoms with Crippen LogP contribution in [0.3, 0.4) is 0 Å². The lowest BCUT2D eigenvalue weighted by atomic mass is 9.87. The molecule has 1 aromatic rings. The molecule has 3 nitrogen and oxygen atoms in total. The van der Waals surface area contributed by atoms with Crippen molar-refractivity contribution >= 4 is 11.6 Å². The smallest absolute Gasteiger partial charge is 0.127 e. The third-order valence-corrected chi connectivity index (χ3v) is 3.84. The Morgan fingerprint density at radius 1 is 1.39 bits per heavy atom. The highest BCUT2D eigenvalue weighted by molar-refractivity contribution is 6.30. The molecule has 0 saturated carbocycles. The molecule has 4 heteroatoms. The number of methoxy groups -OCH3 is 1. The number of piperidine rings is 1. The number of halogens is 1. The van der Waals surface area contributed by atoms with Gasteiger partial charge in [0.25, 0.3) is 0 Å². The van der Waals surface area contributed by atoms with Crippen LogP contribution in [0.15, 0.2) is 12.1 Å². The van der Waals surface area contributed by atoms with Gasteiger partial charge in [-0.25, -0.2) is 0 Å². The Bertz CT molecular complexity index is 417. The number of hydrogen-bond donors (Lipinski definition) is 2. The zero-order chi connectivity index (χ0) is 13.1. The van der Waals surface area contributed by atoms with E-state index in [1.807, 2.05) is 19.1 Å². The summed E-state index contributed by atoms with van der Waals surface area (Å²) in [6, 6.07) is 3.68. The van der Waals surface area contributed by atoms with Gasteiger partial charge in [0.15, 0.2) is 0 Å². The van der Waals surface area contributed by atoms with Crippen molar-refractivity contribution in [2.45, 2.75) is 25.9 Å². The molecule has 1 aliphatic heterocycles. The fourth-order valence-corrected chi connectivity index (χ4v) is 2.95. The van der Waals surface area contributed by atoms with Crippen molar-refractivity contribution in [1.82, 2.24) is 5.32 Å². The van der Waals surface area contributed by atoms with Crippen LogP contribution in [0.2, 0.25) is 5.02 Å². The zero-order valence-corrected chi connectivity index (χ0v) is 11.6. The maximum Gasteiger partial charge on any atom is 0.127 e. The van der Waals surface area contributed by atoms with Gasteiger partial charge in [0.1, 0.15) is 5.75 Å². The predicted molar refractivity (Wildman–Crippen MR) is 73.3 cm³/mol.